The Bertz CT molecular complexity index is 104. The molecule has 2 nitrogen and oxygen atoms in total. The van der Waals surface area contributed by atoms with Crippen molar-refractivity contribution in [1.82, 2.24) is 5.32 Å². The van der Waals surface area contributed by atoms with Gasteiger partial charge in [0.15, 0.2) is 0 Å². The van der Waals surface area contributed by atoms with Gasteiger partial charge in [-0.05, 0) is 18.8 Å². The topological polar surface area (TPSA) is 38.0 Å². The molecule has 2 heteroatoms. The Morgan fingerprint density at radius 3 is 2.73 bits per heavy atom. The van der Waals surface area contributed by atoms with Crippen LogP contribution in [0.25, 0.3) is 0 Å². The highest BCUT2D eigenvalue weighted by Crippen LogP contribution is 2.23. The molecular formula is C9H20N2. The minimum absolute atomic E-state index is 0.743. The van der Waals surface area contributed by atoms with Crippen molar-refractivity contribution < 1.29 is 0 Å². The van der Waals surface area contributed by atoms with E-state index in [2.05, 4.69) is 12.2 Å². The second kappa shape index (κ2) is 4.73. The first-order chi connectivity index (χ1) is 5.34. The summed E-state index contributed by atoms with van der Waals surface area (Å²) in [6.07, 6.45) is 5.55. The van der Waals surface area contributed by atoms with Gasteiger partial charge in [-0.25, -0.2) is 0 Å². The molecule has 1 rings (SSSR count). The molecule has 11 heavy (non-hydrogen) atoms. The van der Waals surface area contributed by atoms with Crippen LogP contribution in [0, 0.1) is 5.92 Å². The summed E-state index contributed by atoms with van der Waals surface area (Å²) in [5.74, 6) is 0.857. The SMILES string of the molecule is CC1CCCCC1NCCN. The quantitative estimate of drug-likeness (QED) is 0.642. The van der Waals surface area contributed by atoms with Crippen molar-refractivity contribution in [3.05, 3.63) is 0 Å². The Balaban J connectivity index is 2.18. The van der Waals surface area contributed by atoms with E-state index < -0.39 is 0 Å². The predicted octanol–water partition coefficient (Wildman–Crippen LogP) is 1.11. The highest BCUT2D eigenvalue weighted by atomic mass is 14.9. The molecule has 0 aromatic heterocycles. The fourth-order valence-corrected chi connectivity index (χ4v) is 1.89. The lowest BCUT2D eigenvalue weighted by Gasteiger charge is -2.29. The minimum Gasteiger partial charge on any atom is -0.329 e. The fourth-order valence-electron chi connectivity index (χ4n) is 1.89. The summed E-state index contributed by atoms with van der Waals surface area (Å²) in [4.78, 5) is 0. The zero-order valence-corrected chi connectivity index (χ0v) is 7.47. The molecule has 0 amide bonds. The van der Waals surface area contributed by atoms with E-state index in [-0.39, 0.29) is 0 Å². The van der Waals surface area contributed by atoms with Gasteiger partial charge in [-0.2, -0.15) is 0 Å². The van der Waals surface area contributed by atoms with Crippen molar-refractivity contribution in [2.45, 2.75) is 38.6 Å². The molecule has 0 radical (unpaired) electrons. The third kappa shape index (κ3) is 2.80. The standard InChI is InChI=1S/C9H20N2/c1-8-4-2-3-5-9(8)11-7-6-10/h8-9,11H,2-7,10H2,1H3. The van der Waals surface area contributed by atoms with E-state index in [4.69, 9.17) is 5.73 Å². The van der Waals surface area contributed by atoms with Crippen molar-refractivity contribution in [1.29, 1.82) is 0 Å². The zero-order chi connectivity index (χ0) is 8.10. The van der Waals surface area contributed by atoms with Gasteiger partial charge in [-0.15, -0.1) is 0 Å². The Labute approximate surface area is 69.5 Å². The first-order valence-electron chi connectivity index (χ1n) is 4.78. The number of nitrogens with one attached hydrogen (secondary N) is 1. The normalized spacial score (nSPS) is 32.2. The second-order valence-electron chi connectivity index (χ2n) is 3.61. The Morgan fingerprint density at radius 1 is 1.36 bits per heavy atom. The molecule has 1 saturated carbocycles. The summed E-state index contributed by atoms with van der Waals surface area (Å²) >= 11 is 0. The van der Waals surface area contributed by atoms with E-state index in [0.717, 1.165) is 25.0 Å². The van der Waals surface area contributed by atoms with Crippen LogP contribution in [0.15, 0.2) is 0 Å². The lowest BCUT2D eigenvalue weighted by Crippen LogP contribution is -2.39. The maximum Gasteiger partial charge on any atom is 0.00932 e. The van der Waals surface area contributed by atoms with Crippen LogP contribution in [0.3, 0.4) is 0 Å². The van der Waals surface area contributed by atoms with Gasteiger partial charge >= 0.3 is 0 Å². The number of hydrogen-bond donors (Lipinski definition) is 2. The Hall–Kier alpha value is -0.0800. The van der Waals surface area contributed by atoms with Crippen molar-refractivity contribution in [2.24, 2.45) is 11.7 Å². The van der Waals surface area contributed by atoms with Crippen molar-refractivity contribution in [2.75, 3.05) is 13.1 Å². The first kappa shape index (κ1) is 9.01. The lowest BCUT2D eigenvalue weighted by atomic mass is 9.86. The molecule has 0 aliphatic heterocycles. The highest BCUT2D eigenvalue weighted by molar-refractivity contribution is 4.77. The van der Waals surface area contributed by atoms with Crippen LogP contribution in [0.5, 0.6) is 0 Å². The molecule has 66 valence electrons. The van der Waals surface area contributed by atoms with Crippen LogP contribution in [0.2, 0.25) is 0 Å². The first-order valence-corrected chi connectivity index (χ1v) is 4.78. The minimum atomic E-state index is 0.743. The molecule has 1 fully saturated rings. The van der Waals surface area contributed by atoms with E-state index in [1.54, 1.807) is 0 Å². The molecule has 0 bridgehead atoms. The zero-order valence-electron chi connectivity index (χ0n) is 7.47. The Kier molecular flexibility index (Phi) is 3.87. The van der Waals surface area contributed by atoms with E-state index in [0.29, 0.717) is 0 Å². The molecular weight excluding hydrogens is 136 g/mol. The molecule has 1 aliphatic rings. The lowest BCUT2D eigenvalue weighted by molar-refractivity contribution is 0.283. The molecule has 0 spiro atoms. The summed E-state index contributed by atoms with van der Waals surface area (Å²) in [6, 6.07) is 0.743. The van der Waals surface area contributed by atoms with E-state index in [1.807, 2.05) is 0 Å². The average Bonchev–Trinajstić information content (AvgIpc) is 2.03. The van der Waals surface area contributed by atoms with Crippen LogP contribution >= 0.6 is 0 Å². The van der Waals surface area contributed by atoms with Crippen LogP contribution in [0.4, 0.5) is 0 Å². The molecule has 0 aromatic carbocycles. The Morgan fingerprint density at radius 2 is 2.09 bits per heavy atom. The smallest absolute Gasteiger partial charge is 0.00932 e. The summed E-state index contributed by atoms with van der Waals surface area (Å²) in [6.45, 7) is 4.09. The van der Waals surface area contributed by atoms with Crippen LogP contribution < -0.4 is 11.1 Å². The van der Waals surface area contributed by atoms with Crippen molar-refractivity contribution in [3.63, 3.8) is 0 Å². The highest BCUT2D eigenvalue weighted by Gasteiger charge is 2.19. The van der Waals surface area contributed by atoms with E-state index >= 15 is 0 Å². The van der Waals surface area contributed by atoms with Gasteiger partial charge in [-0.1, -0.05) is 19.8 Å². The largest absolute Gasteiger partial charge is 0.329 e. The third-order valence-corrected chi connectivity index (χ3v) is 2.66. The monoisotopic (exact) mass is 156 g/mol. The summed E-state index contributed by atoms with van der Waals surface area (Å²) in [7, 11) is 0. The fraction of sp³-hybridized carbons (Fsp3) is 1.00. The summed E-state index contributed by atoms with van der Waals surface area (Å²) < 4.78 is 0. The van der Waals surface area contributed by atoms with E-state index in [1.165, 1.54) is 25.7 Å². The molecule has 0 aromatic rings. The number of hydrogen-bond acceptors (Lipinski definition) is 2. The van der Waals surface area contributed by atoms with Gasteiger partial charge < -0.3 is 11.1 Å². The molecule has 1 aliphatic carbocycles. The van der Waals surface area contributed by atoms with Crippen LogP contribution in [0.1, 0.15) is 32.6 Å². The predicted molar refractivity (Wildman–Crippen MR) is 48.5 cm³/mol. The average molecular weight is 156 g/mol. The molecule has 0 heterocycles. The third-order valence-electron chi connectivity index (χ3n) is 2.66. The summed E-state index contributed by atoms with van der Waals surface area (Å²) in [5.41, 5.74) is 5.43. The molecule has 2 unspecified atom stereocenters. The van der Waals surface area contributed by atoms with Gasteiger partial charge in [0.1, 0.15) is 0 Å². The number of nitrogens with two attached hydrogens (primary N) is 1. The van der Waals surface area contributed by atoms with E-state index in [9.17, 15) is 0 Å². The molecule has 0 saturated heterocycles. The van der Waals surface area contributed by atoms with Gasteiger partial charge in [0.2, 0.25) is 0 Å². The van der Waals surface area contributed by atoms with Crippen LogP contribution in [-0.4, -0.2) is 19.1 Å². The second-order valence-corrected chi connectivity index (χ2v) is 3.61. The molecule has 3 N–H and O–H groups in total. The maximum absolute atomic E-state index is 5.43. The van der Waals surface area contributed by atoms with Crippen molar-refractivity contribution >= 4 is 0 Å². The molecule has 2 atom stereocenters. The summed E-state index contributed by atoms with van der Waals surface area (Å²) in [5, 5.41) is 3.50. The van der Waals surface area contributed by atoms with Gasteiger partial charge in [0, 0.05) is 19.1 Å². The maximum atomic E-state index is 5.43. The van der Waals surface area contributed by atoms with Gasteiger partial charge in [0.05, 0.1) is 0 Å². The van der Waals surface area contributed by atoms with Gasteiger partial charge in [-0.3, -0.25) is 0 Å². The van der Waals surface area contributed by atoms with Crippen molar-refractivity contribution in [3.8, 4) is 0 Å². The van der Waals surface area contributed by atoms with Crippen LogP contribution in [-0.2, 0) is 0 Å². The van der Waals surface area contributed by atoms with Gasteiger partial charge in [0.25, 0.3) is 0 Å². The number of rotatable bonds is 3.